The predicted octanol–water partition coefficient (Wildman–Crippen LogP) is 2.39. The number of rotatable bonds is 4. The monoisotopic (exact) mass is 235 g/mol. The Morgan fingerprint density at radius 3 is 2.53 bits per heavy atom. The molecule has 0 spiro atoms. The van der Waals surface area contributed by atoms with Crippen LogP contribution >= 0.6 is 11.6 Å². The first-order valence-electron chi connectivity index (χ1n) is 4.07. The normalized spacial score (nSPS) is 10.7. The fourth-order valence-electron chi connectivity index (χ4n) is 1.25. The van der Waals surface area contributed by atoms with E-state index in [1.807, 2.05) is 0 Å². The summed E-state index contributed by atoms with van der Waals surface area (Å²) in [5.74, 6) is -1.29. The van der Waals surface area contributed by atoms with E-state index in [9.17, 15) is 13.6 Å². The predicted molar refractivity (Wildman–Crippen MR) is 50.1 cm³/mol. The molecular formula is C9H8ClF2NO2. The van der Waals surface area contributed by atoms with Crippen LogP contribution in [0.25, 0.3) is 0 Å². The van der Waals surface area contributed by atoms with E-state index in [0.717, 1.165) is 6.20 Å². The average molecular weight is 236 g/mol. The highest BCUT2D eigenvalue weighted by molar-refractivity contribution is 6.17. The van der Waals surface area contributed by atoms with Crippen molar-refractivity contribution in [3.05, 3.63) is 29.1 Å². The lowest BCUT2D eigenvalue weighted by Gasteiger charge is -2.10. The van der Waals surface area contributed by atoms with E-state index in [-0.39, 0.29) is 22.6 Å². The minimum Gasteiger partial charge on any atom is -0.481 e. The number of nitrogens with zero attached hydrogens (tertiary/aromatic N) is 1. The van der Waals surface area contributed by atoms with Crippen molar-refractivity contribution in [1.82, 2.24) is 4.98 Å². The Bertz CT molecular complexity index is 371. The van der Waals surface area contributed by atoms with Crippen LogP contribution in [0.4, 0.5) is 8.78 Å². The highest BCUT2D eigenvalue weighted by Gasteiger charge is 2.19. The second-order valence-corrected chi connectivity index (χ2v) is 3.14. The summed E-state index contributed by atoms with van der Waals surface area (Å²) in [6.07, 6.45) is -0.862. The second kappa shape index (κ2) is 5.02. The van der Waals surface area contributed by atoms with Crippen LogP contribution in [0.2, 0.25) is 0 Å². The maximum atomic E-state index is 12.6. The van der Waals surface area contributed by atoms with Gasteiger partial charge in [-0.3, -0.25) is 9.78 Å². The smallest absolute Gasteiger partial charge is 0.307 e. The Labute approximate surface area is 89.7 Å². The molecule has 1 N–H and O–H groups in total. The van der Waals surface area contributed by atoms with Crippen molar-refractivity contribution in [3.63, 3.8) is 0 Å². The van der Waals surface area contributed by atoms with Crippen LogP contribution < -0.4 is 0 Å². The van der Waals surface area contributed by atoms with Gasteiger partial charge >= 0.3 is 5.97 Å². The number of halogens is 3. The standard InChI is InChI=1S/C9H8ClF2NO2/c10-2-6-4-13-3-5(1-7(14)15)8(6)9(11)12/h3-4,9H,1-2H2,(H,14,15). The van der Waals surface area contributed by atoms with Crippen LogP contribution in [0.1, 0.15) is 23.1 Å². The van der Waals surface area contributed by atoms with Gasteiger partial charge in [0.2, 0.25) is 0 Å². The first-order chi connectivity index (χ1) is 7.06. The van der Waals surface area contributed by atoms with Crippen molar-refractivity contribution >= 4 is 17.6 Å². The largest absolute Gasteiger partial charge is 0.481 e. The van der Waals surface area contributed by atoms with Crippen molar-refractivity contribution in [2.75, 3.05) is 0 Å². The molecule has 6 heteroatoms. The van der Waals surface area contributed by atoms with Gasteiger partial charge in [-0.2, -0.15) is 0 Å². The average Bonchev–Trinajstić information content (AvgIpc) is 2.15. The Morgan fingerprint density at radius 2 is 2.07 bits per heavy atom. The quantitative estimate of drug-likeness (QED) is 0.816. The molecule has 3 nitrogen and oxygen atoms in total. The maximum absolute atomic E-state index is 12.6. The summed E-state index contributed by atoms with van der Waals surface area (Å²) in [7, 11) is 0. The van der Waals surface area contributed by atoms with Crippen molar-refractivity contribution in [2.45, 2.75) is 18.7 Å². The molecule has 82 valence electrons. The van der Waals surface area contributed by atoms with Gasteiger partial charge in [-0.15, -0.1) is 11.6 Å². The van der Waals surface area contributed by atoms with Crippen molar-refractivity contribution in [1.29, 1.82) is 0 Å². The molecule has 0 aliphatic heterocycles. The zero-order valence-corrected chi connectivity index (χ0v) is 8.34. The van der Waals surface area contributed by atoms with Gasteiger partial charge in [-0.25, -0.2) is 8.78 Å². The molecule has 1 heterocycles. The minimum atomic E-state index is -2.74. The Hall–Kier alpha value is -1.23. The second-order valence-electron chi connectivity index (χ2n) is 2.88. The summed E-state index contributed by atoms with van der Waals surface area (Å²) < 4.78 is 25.3. The summed E-state index contributed by atoms with van der Waals surface area (Å²) in [6, 6.07) is 0. The number of alkyl halides is 3. The minimum absolute atomic E-state index is 0.00986. The number of hydrogen-bond acceptors (Lipinski definition) is 2. The van der Waals surface area contributed by atoms with E-state index in [1.165, 1.54) is 6.20 Å². The van der Waals surface area contributed by atoms with Crippen molar-refractivity contribution in [3.8, 4) is 0 Å². The van der Waals surface area contributed by atoms with Crippen LogP contribution in [0.15, 0.2) is 12.4 Å². The molecule has 1 rings (SSSR count). The van der Waals surface area contributed by atoms with E-state index in [0.29, 0.717) is 0 Å². The van der Waals surface area contributed by atoms with Crippen LogP contribution in [0.5, 0.6) is 0 Å². The molecule has 0 radical (unpaired) electrons. The number of aromatic nitrogens is 1. The highest BCUT2D eigenvalue weighted by atomic mass is 35.5. The molecule has 0 aliphatic carbocycles. The van der Waals surface area contributed by atoms with Gasteiger partial charge in [0.25, 0.3) is 6.43 Å². The van der Waals surface area contributed by atoms with Crippen molar-refractivity contribution < 1.29 is 18.7 Å². The number of pyridine rings is 1. The van der Waals surface area contributed by atoms with E-state index in [2.05, 4.69) is 4.98 Å². The molecule has 0 fully saturated rings. The van der Waals surface area contributed by atoms with Crippen LogP contribution in [0, 0.1) is 0 Å². The third-order valence-corrected chi connectivity index (χ3v) is 2.14. The molecule has 1 aromatic heterocycles. The third-order valence-electron chi connectivity index (χ3n) is 1.86. The van der Waals surface area contributed by atoms with E-state index in [1.54, 1.807) is 0 Å². The third kappa shape index (κ3) is 2.86. The topological polar surface area (TPSA) is 50.2 Å². The lowest BCUT2D eigenvalue weighted by molar-refractivity contribution is -0.136. The molecule has 0 atom stereocenters. The zero-order chi connectivity index (χ0) is 11.4. The van der Waals surface area contributed by atoms with Gasteiger partial charge in [0.1, 0.15) is 0 Å². The molecule has 0 aromatic carbocycles. The summed E-state index contributed by atoms with van der Waals surface area (Å²) >= 11 is 5.46. The molecule has 0 bridgehead atoms. The fourth-order valence-corrected chi connectivity index (χ4v) is 1.47. The van der Waals surface area contributed by atoms with Gasteiger partial charge in [-0.05, 0) is 11.1 Å². The lowest BCUT2D eigenvalue weighted by atomic mass is 10.0. The fraction of sp³-hybridized carbons (Fsp3) is 0.333. The number of carbonyl (C=O) groups is 1. The summed E-state index contributed by atoms with van der Waals surface area (Å²) in [6.45, 7) is 0. The SMILES string of the molecule is O=C(O)Cc1cncc(CCl)c1C(F)F. The van der Waals surface area contributed by atoms with Crippen LogP contribution in [0.3, 0.4) is 0 Å². The van der Waals surface area contributed by atoms with Crippen LogP contribution in [-0.4, -0.2) is 16.1 Å². The first kappa shape index (κ1) is 11.8. The number of carboxylic acids is 1. The Balaban J connectivity index is 3.19. The molecule has 15 heavy (non-hydrogen) atoms. The lowest BCUT2D eigenvalue weighted by Crippen LogP contribution is -2.07. The molecular weight excluding hydrogens is 228 g/mol. The summed E-state index contributed by atoms with van der Waals surface area (Å²) in [5.41, 5.74) is -0.136. The number of hydrogen-bond donors (Lipinski definition) is 1. The number of carboxylic acid groups (broad SMARTS) is 1. The molecule has 0 amide bonds. The van der Waals surface area contributed by atoms with Gasteiger partial charge < -0.3 is 5.11 Å². The Morgan fingerprint density at radius 1 is 1.47 bits per heavy atom. The van der Waals surface area contributed by atoms with Gasteiger partial charge in [0, 0.05) is 23.8 Å². The van der Waals surface area contributed by atoms with E-state index < -0.39 is 18.8 Å². The molecule has 0 unspecified atom stereocenters. The van der Waals surface area contributed by atoms with E-state index in [4.69, 9.17) is 16.7 Å². The molecule has 0 aliphatic rings. The number of aliphatic carboxylic acids is 1. The van der Waals surface area contributed by atoms with Crippen LogP contribution in [-0.2, 0) is 17.1 Å². The maximum Gasteiger partial charge on any atom is 0.307 e. The first-order valence-corrected chi connectivity index (χ1v) is 4.61. The van der Waals surface area contributed by atoms with Gasteiger partial charge in [0.15, 0.2) is 0 Å². The van der Waals surface area contributed by atoms with Gasteiger partial charge in [0.05, 0.1) is 6.42 Å². The molecule has 1 aromatic rings. The zero-order valence-electron chi connectivity index (χ0n) is 7.58. The van der Waals surface area contributed by atoms with Crippen molar-refractivity contribution in [2.24, 2.45) is 0 Å². The molecule has 0 saturated carbocycles. The summed E-state index contributed by atoms with van der Waals surface area (Å²) in [4.78, 5) is 14.1. The summed E-state index contributed by atoms with van der Waals surface area (Å²) in [5, 5.41) is 8.53. The van der Waals surface area contributed by atoms with Gasteiger partial charge in [-0.1, -0.05) is 0 Å². The van der Waals surface area contributed by atoms with E-state index >= 15 is 0 Å². The molecule has 0 saturated heterocycles. The Kier molecular flexibility index (Phi) is 3.96. The highest BCUT2D eigenvalue weighted by Crippen LogP contribution is 2.27.